The molecule has 1 N–H and O–H groups in total. The lowest BCUT2D eigenvalue weighted by molar-refractivity contribution is -0.139. The van der Waals surface area contributed by atoms with Gasteiger partial charge < -0.3 is 29.1 Å². The molecule has 0 radical (unpaired) electrons. The Morgan fingerprint density at radius 2 is 1.74 bits per heavy atom. The first-order valence-electron chi connectivity index (χ1n) is 11.3. The fraction of sp³-hybridized carbons (Fsp3) is 0.385. The molecule has 1 unspecified atom stereocenters. The highest BCUT2D eigenvalue weighted by molar-refractivity contribution is 6.46. The number of aliphatic hydroxyl groups is 1. The number of carbonyl (C=O) groups excluding carboxylic acids is 2. The van der Waals surface area contributed by atoms with Crippen LogP contribution in [-0.2, 0) is 9.59 Å². The molecule has 3 rings (SSSR count). The zero-order valence-corrected chi connectivity index (χ0v) is 21.4. The van der Waals surface area contributed by atoms with E-state index in [4.69, 9.17) is 25.8 Å². The molecule has 1 heterocycles. The molecule has 0 spiro atoms. The minimum absolute atomic E-state index is 0.00713. The summed E-state index contributed by atoms with van der Waals surface area (Å²) >= 11 is 6.32. The summed E-state index contributed by atoms with van der Waals surface area (Å²) in [6.07, 6.45) is 0.652. The lowest BCUT2D eigenvalue weighted by atomic mass is 9.95. The number of benzene rings is 2. The fourth-order valence-corrected chi connectivity index (χ4v) is 4.35. The molecule has 8 nitrogen and oxygen atoms in total. The number of methoxy groups -OCH3 is 2. The maximum Gasteiger partial charge on any atom is 0.295 e. The van der Waals surface area contributed by atoms with Crippen LogP contribution in [0.4, 0.5) is 0 Å². The monoisotopic (exact) mass is 502 g/mol. The highest BCUT2D eigenvalue weighted by atomic mass is 35.5. The van der Waals surface area contributed by atoms with Gasteiger partial charge in [-0.25, -0.2) is 0 Å². The van der Waals surface area contributed by atoms with Crippen molar-refractivity contribution >= 4 is 29.1 Å². The van der Waals surface area contributed by atoms with E-state index in [0.717, 1.165) is 6.54 Å². The number of carbonyl (C=O) groups is 2. The number of hydrogen-bond acceptors (Lipinski definition) is 7. The van der Waals surface area contributed by atoms with Crippen molar-refractivity contribution in [2.75, 3.05) is 48.0 Å². The number of amides is 1. The highest BCUT2D eigenvalue weighted by Gasteiger charge is 2.46. The van der Waals surface area contributed by atoms with Crippen LogP contribution in [0, 0.1) is 0 Å². The number of rotatable bonds is 10. The van der Waals surface area contributed by atoms with Crippen LogP contribution in [0.25, 0.3) is 5.76 Å². The Morgan fingerprint density at radius 1 is 1.06 bits per heavy atom. The van der Waals surface area contributed by atoms with Crippen molar-refractivity contribution in [2.45, 2.75) is 19.4 Å². The molecule has 1 aliphatic heterocycles. The minimum Gasteiger partial charge on any atom is -0.507 e. The largest absolute Gasteiger partial charge is 0.507 e. The summed E-state index contributed by atoms with van der Waals surface area (Å²) in [5.41, 5.74) is 0.924. The molecule has 9 heteroatoms. The van der Waals surface area contributed by atoms with E-state index in [2.05, 4.69) is 0 Å². The third-order valence-electron chi connectivity index (χ3n) is 5.77. The molecule has 1 saturated heterocycles. The third-order valence-corrected chi connectivity index (χ3v) is 6.07. The van der Waals surface area contributed by atoms with Crippen LogP contribution in [0.3, 0.4) is 0 Å². The van der Waals surface area contributed by atoms with E-state index < -0.39 is 17.7 Å². The number of Topliss-reactive ketones (excluding diaryl/α,β-unsaturated/α-hetero) is 1. The lowest BCUT2D eigenvalue weighted by Gasteiger charge is -2.26. The predicted octanol–water partition coefficient (Wildman–Crippen LogP) is 4.13. The summed E-state index contributed by atoms with van der Waals surface area (Å²) in [6, 6.07) is 9.13. The molecule has 0 aromatic heterocycles. The number of hydrogen-bond donors (Lipinski definition) is 1. The molecule has 1 amide bonds. The van der Waals surface area contributed by atoms with Crippen LogP contribution in [0.5, 0.6) is 17.2 Å². The smallest absolute Gasteiger partial charge is 0.295 e. The molecule has 1 atom stereocenters. The van der Waals surface area contributed by atoms with Crippen molar-refractivity contribution in [3.8, 4) is 17.2 Å². The number of nitrogens with zero attached hydrogens (tertiary/aromatic N) is 2. The second-order valence-electron chi connectivity index (χ2n) is 8.34. The van der Waals surface area contributed by atoms with Crippen LogP contribution < -0.4 is 14.2 Å². The molecule has 0 aliphatic carbocycles. The zero-order valence-electron chi connectivity index (χ0n) is 20.6. The van der Waals surface area contributed by atoms with Gasteiger partial charge in [0.1, 0.15) is 11.5 Å². The Balaban J connectivity index is 2.14. The molecule has 1 fully saturated rings. The van der Waals surface area contributed by atoms with E-state index in [1.165, 1.54) is 25.2 Å². The van der Waals surface area contributed by atoms with Gasteiger partial charge in [-0.2, -0.15) is 0 Å². The summed E-state index contributed by atoms with van der Waals surface area (Å²) in [7, 11) is 6.92. The second kappa shape index (κ2) is 11.5. The van der Waals surface area contributed by atoms with Gasteiger partial charge in [-0.1, -0.05) is 17.7 Å². The van der Waals surface area contributed by atoms with Crippen LogP contribution in [0.15, 0.2) is 42.0 Å². The third kappa shape index (κ3) is 5.55. The molecular formula is C26H31ClN2O6. The summed E-state index contributed by atoms with van der Waals surface area (Å²) in [6.45, 7) is 3.34. The first-order valence-corrected chi connectivity index (χ1v) is 11.7. The van der Waals surface area contributed by atoms with Crippen molar-refractivity contribution in [3.63, 3.8) is 0 Å². The molecule has 35 heavy (non-hydrogen) atoms. The second-order valence-corrected chi connectivity index (χ2v) is 8.75. The Hall–Kier alpha value is -3.23. The fourth-order valence-electron chi connectivity index (χ4n) is 4.11. The number of likely N-dealkylation sites (tertiary alicyclic amines) is 1. The van der Waals surface area contributed by atoms with E-state index >= 15 is 0 Å². The summed E-state index contributed by atoms with van der Waals surface area (Å²) < 4.78 is 16.2. The van der Waals surface area contributed by atoms with Gasteiger partial charge in [0.05, 0.1) is 37.5 Å². The highest BCUT2D eigenvalue weighted by Crippen LogP contribution is 2.42. The van der Waals surface area contributed by atoms with Crippen molar-refractivity contribution in [1.29, 1.82) is 0 Å². The molecule has 1 aliphatic rings. The average Bonchev–Trinajstić information content (AvgIpc) is 3.09. The summed E-state index contributed by atoms with van der Waals surface area (Å²) in [4.78, 5) is 29.8. The average molecular weight is 503 g/mol. The van der Waals surface area contributed by atoms with Gasteiger partial charge in [0, 0.05) is 12.1 Å². The number of aliphatic hydroxyl groups excluding tert-OH is 1. The quantitative estimate of drug-likeness (QED) is 0.297. The Kier molecular flexibility index (Phi) is 8.64. The first kappa shape index (κ1) is 26.4. The van der Waals surface area contributed by atoms with Crippen LogP contribution in [-0.4, -0.2) is 74.6 Å². The summed E-state index contributed by atoms with van der Waals surface area (Å²) in [5, 5.41) is 11.6. The Labute approximate surface area is 210 Å². The van der Waals surface area contributed by atoms with E-state index in [1.807, 2.05) is 25.9 Å². The predicted molar refractivity (Wildman–Crippen MR) is 134 cm³/mol. The van der Waals surface area contributed by atoms with E-state index in [-0.39, 0.29) is 11.3 Å². The molecule has 0 bridgehead atoms. The molecule has 188 valence electrons. The van der Waals surface area contributed by atoms with Gasteiger partial charge in [-0.05, 0) is 69.9 Å². The SMILES string of the molecule is CCOc1ccc(C(O)=C2C(=O)C(=O)N(CCCN(C)C)C2c2ccc(OC)c(OC)c2)cc1Cl. The Bertz CT molecular complexity index is 1130. The van der Waals surface area contributed by atoms with Gasteiger partial charge in [0.25, 0.3) is 11.7 Å². The number of ketones is 1. The number of ether oxygens (including phenoxy) is 3. The zero-order chi connectivity index (χ0) is 25.7. The maximum atomic E-state index is 13.2. The van der Waals surface area contributed by atoms with E-state index in [0.29, 0.717) is 53.0 Å². The van der Waals surface area contributed by atoms with Crippen LogP contribution in [0.1, 0.15) is 30.5 Å². The van der Waals surface area contributed by atoms with Crippen molar-refractivity contribution < 1.29 is 28.9 Å². The summed E-state index contributed by atoms with van der Waals surface area (Å²) in [5.74, 6) is -0.291. The lowest BCUT2D eigenvalue weighted by Crippen LogP contribution is -2.32. The normalized spacial score (nSPS) is 17.2. The van der Waals surface area contributed by atoms with Gasteiger partial charge in [-0.15, -0.1) is 0 Å². The maximum absolute atomic E-state index is 13.2. The first-order chi connectivity index (χ1) is 16.7. The van der Waals surface area contributed by atoms with E-state index in [1.54, 1.807) is 30.3 Å². The number of halogens is 1. The molecule has 2 aromatic rings. The van der Waals surface area contributed by atoms with Crippen molar-refractivity contribution in [1.82, 2.24) is 9.80 Å². The van der Waals surface area contributed by atoms with Crippen molar-refractivity contribution in [2.24, 2.45) is 0 Å². The molecular weight excluding hydrogens is 472 g/mol. The van der Waals surface area contributed by atoms with Gasteiger partial charge in [0.15, 0.2) is 11.5 Å². The standard InChI is InChI=1S/C26H31ClN2O6/c1-6-35-19-10-9-17(14-18(19)27)24(30)22-23(16-8-11-20(33-4)21(15-16)34-5)29(26(32)25(22)31)13-7-12-28(2)3/h8-11,14-15,23,30H,6-7,12-13H2,1-5H3. The van der Waals surface area contributed by atoms with Crippen LogP contribution in [0.2, 0.25) is 5.02 Å². The van der Waals surface area contributed by atoms with Gasteiger partial charge >= 0.3 is 0 Å². The van der Waals surface area contributed by atoms with Gasteiger partial charge in [0.2, 0.25) is 0 Å². The van der Waals surface area contributed by atoms with Crippen molar-refractivity contribution in [3.05, 3.63) is 58.1 Å². The molecule has 0 saturated carbocycles. The van der Waals surface area contributed by atoms with Gasteiger partial charge in [-0.3, -0.25) is 9.59 Å². The van der Waals surface area contributed by atoms with E-state index in [9.17, 15) is 14.7 Å². The molecule has 2 aromatic carbocycles. The minimum atomic E-state index is -0.803. The Morgan fingerprint density at radius 3 is 2.34 bits per heavy atom. The van der Waals surface area contributed by atoms with Crippen LogP contribution >= 0.6 is 11.6 Å². The topological polar surface area (TPSA) is 88.5 Å².